The molecule has 0 saturated carbocycles. The van der Waals surface area contributed by atoms with Crippen LogP contribution in [0.4, 0.5) is 0 Å². The van der Waals surface area contributed by atoms with Crippen LogP contribution in [0.5, 0.6) is 0 Å². The maximum absolute atomic E-state index is 12.7. The molecule has 0 aliphatic carbocycles. The Morgan fingerprint density at radius 1 is 1.04 bits per heavy atom. The van der Waals surface area contributed by atoms with Crippen LogP contribution in [0.2, 0.25) is 0 Å². The van der Waals surface area contributed by atoms with Crippen LogP contribution < -0.4 is 9.86 Å². The van der Waals surface area contributed by atoms with E-state index in [1.807, 2.05) is 0 Å². The summed E-state index contributed by atoms with van der Waals surface area (Å²) in [5.74, 6) is -0.336. The second-order valence-electron chi connectivity index (χ2n) is 5.94. The fraction of sp³-hybridized carbons (Fsp3) is 0.235. The van der Waals surface area contributed by atoms with Gasteiger partial charge in [-0.1, -0.05) is 12.1 Å². The van der Waals surface area contributed by atoms with Gasteiger partial charge >= 0.3 is 0 Å². The van der Waals surface area contributed by atoms with Gasteiger partial charge in [0.2, 0.25) is 20.0 Å². The summed E-state index contributed by atoms with van der Waals surface area (Å²) in [6.45, 7) is 1.75. The molecular weight excluding hydrogens is 390 g/mol. The number of sulfonamides is 2. The number of amides is 1. The third-order valence-electron chi connectivity index (χ3n) is 4.25. The van der Waals surface area contributed by atoms with E-state index in [-0.39, 0.29) is 15.7 Å². The van der Waals surface area contributed by atoms with E-state index in [1.165, 1.54) is 48.3 Å². The van der Waals surface area contributed by atoms with Crippen LogP contribution in [0, 0.1) is 0 Å². The summed E-state index contributed by atoms with van der Waals surface area (Å²) in [5, 5.41) is 5.15. The van der Waals surface area contributed by atoms with Crippen LogP contribution in [0.25, 0.3) is 0 Å². The fourth-order valence-electron chi connectivity index (χ4n) is 2.45. The molecule has 1 unspecified atom stereocenters. The average Bonchev–Trinajstić information content (AvgIpc) is 2.65. The lowest BCUT2D eigenvalue weighted by molar-refractivity contribution is 0.0742. The number of hydrogen-bond donors (Lipinski definition) is 2. The SMILES string of the molecule is CNS(=O)(=O)c1ccc(C(=O)N(C)C(C)c2cccc(S(N)(=O)=O)c2)cc1. The first-order valence-electron chi connectivity index (χ1n) is 7.91. The van der Waals surface area contributed by atoms with Crippen molar-refractivity contribution in [2.45, 2.75) is 22.8 Å². The normalized spacial score (nSPS) is 13.2. The summed E-state index contributed by atoms with van der Waals surface area (Å²) >= 11 is 0. The molecule has 3 N–H and O–H groups in total. The summed E-state index contributed by atoms with van der Waals surface area (Å²) in [4.78, 5) is 14.1. The van der Waals surface area contributed by atoms with Gasteiger partial charge in [-0.3, -0.25) is 4.79 Å². The molecule has 0 aromatic heterocycles. The molecule has 0 bridgehead atoms. The highest BCUT2D eigenvalue weighted by Crippen LogP contribution is 2.23. The van der Waals surface area contributed by atoms with E-state index in [9.17, 15) is 21.6 Å². The molecule has 0 radical (unpaired) electrons. The van der Waals surface area contributed by atoms with Gasteiger partial charge in [0.1, 0.15) is 0 Å². The second kappa shape index (κ2) is 7.77. The molecule has 8 nitrogen and oxygen atoms in total. The number of hydrogen-bond acceptors (Lipinski definition) is 5. The molecule has 2 aromatic rings. The molecule has 0 fully saturated rings. The molecule has 0 saturated heterocycles. The van der Waals surface area contributed by atoms with Crippen LogP contribution in [0.15, 0.2) is 58.3 Å². The van der Waals surface area contributed by atoms with E-state index in [1.54, 1.807) is 26.1 Å². The highest BCUT2D eigenvalue weighted by atomic mass is 32.2. The topological polar surface area (TPSA) is 127 Å². The highest BCUT2D eigenvalue weighted by molar-refractivity contribution is 7.89. The van der Waals surface area contributed by atoms with Crippen LogP contribution in [-0.4, -0.2) is 41.7 Å². The Balaban J connectivity index is 2.27. The predicted octanol–water partition coefficient (Wildman–Crippen LogP) is 1.08. The first kappa shape index (κ1) is 21.0. The maximum atomic E-state index is 12.7. The van der Waals surface area contributed by atoms with Gasteiger partial charge in [-0.05, 0) is 55.9 Å². The van der Waals surface area contributed by atoms with Gasteiger partial charge in [0.15, 0.2) is 0 Å². The Morgan fingerprint density at radius 2 is 1.63 bits per heavy atom. The number of carbonyl (C=O) groups excluding carboxylic acids is 1. The van der Waals surface area contributed by atoms with Crippen molar-refractivity contribution in [1.29, 1.82) is 0 Å². The molecule has 0 aliphatic rings. The zero-order chi connectivity index (χ0) is 20.4. The summed E-state index contributed by atoms with van der Waals surface area (Å²) in [6, 6.07) is 11.2. The van der Waals surface area contributed by atoms with Crippen molar-refractivity contribution in [3.8, 4) is 0 Å². The number of benzene rings is 2. The van der Waals surface area contributed by atoms with Gasteiger partial charge in [0.05, 0.1) is 15.8 Å². The first-order chi connectivity index (χ1) is 12.5. The molecule has 0 aliphatic heterocycles. The molecule has 1 atom stereocenters. The first-order valence-corrected chi connectivity index (χ1v) is 10.9. The van der Waals surface area contributed by atoms with Crippen LogP contribution in [0.1, 0.15) is 28.9 Å². The maximum Gasteiger partial charge on any atom is 0.254 e. The molecular formula is C17H21N3O5S2. The lowest BCUT2D eigenvalue weighted by Gasteiger charge is -2.26. The van der Waals surface area contributed by atoms with E-state index < -0.39 is 26.1 Å². The van der Waals surface area contributed by atoms with Crippen molar-refractivity contribution in [3.05, 3.63) is 59.7 Å². The molecule has 0 spiro atoms. The van der Waals surface area contributed by atoms with Gasteiger partial charge in [-0.15, -0.1) is 0 Å². The fourth-order valence-corrected chi connectivity index (χ4v) is 3.75. The third kappa shape index (κ3) is 4.72. The van der Waals surface area contributed by atoms with Crippen molar-refractivity contribution in [2.75, 3.05) is 14.1 Å². The quantitative estimate of drug-likeness (QED) is 0.735. The number of nitrogens with two attached hydrogens (primary N) is 1. The van der Waals surface area contributed by atoms with Crippen LogP contribution >= 0.6 is 0 Å². The summed E-state index contributed by atoms with van der Waals surface area (Å²) < 4.78 is 48.7. The Bertz CT molecular complexity index is 1050. The van der Waals surface area contributed by atoms with Crippen LogP contribution in [-0.2, 0) is 20.0 Å². The minimum absolute atomic E-state index is 0.0330. The minimum atomic E-state index is -3.84. The largest absolute Gasteiger partial charge is 0.335 e. The Hall–Kier alpha value is -2.27. The minimum Gasteiger partial charge on any atom is -0.335 e. The number of primary sulfonamides is 1. The molecule has 10 heteroatoms. The lowest BCUT2D eigenvalue weighted by atomic mass is 10.1. The zero-order valence-corrected chi connectivity index (χ0v) is 16.7. The van der Waals surface area contributed by atoms with Crippen molar-refractivity contribution >= 4 is 26.0 Å². The number of nitrogens with zero attached hydrogens (tertiary/aromatic N) is 1. The molecule has 1 amide bonds. The standard InChI is InChI=1S/C17H21N3O5S2/c1-12(14-5-4-6-16(11-14)26(18,22)23)20(3)17(21)13-7-9-15(10-8-13)27(24,25)19-2/h4-12,19H,1-3H3,(H2,18,22,23). The smallest absolute Gasteiger partial charge is 0.254 e. The van der Waals surface area contributed by atoms with E-state index in [4.69, 9.17) is 5.14 Å². The lowest BCUT2D eigenvalue weighted by Crippen LogP contribution is -2.30. The second-order valence-corrected chi connectivity index (χ2v) is 9.39. The van der Waals surface area contributed by atoms with Gasteiger partial charge in [0.25, 0.3) is 5.91 Å². The van der Waals surface area contributed by atoms with Crippen molar-refractivity contribution in [1.82, 2.24) is 9.62 Å². The van der Waals surface area contributed by atoms with Gasteiger partial charge in [-0.25, -0.2) is 26.7 Å². The van der Waals surface area contributed by atoms with Gasteiger partial charge in [-0.2, -0.15) is 0 Å². The Labute approximate surface area is 159 Å². The monoisotopic (exact) mass is 411 g/mol. The van der Waals surface area contributed by atoms with E-state index in [2.05, 4.69) is 4.72 Å². The van der Waals surface area contributed by atoms with Gasteiger partial charge in [0, 0.05) is 12.6 Å². The number of carbonyl (C=O) groups is 1. The average molecular weight is 412 g/mol. The predicted molar refractivity (Wildman–Crippen MR) is 101 cm³/mol. The highest BCUT2D eigenvalue weighted by Gasteiger charge is 2.21. The van der Waals surface area contributed by atoms with E-state index in [0.717, 1.165) is 0 Å². The summed E-state index contributed by atoms with van der Waals surface area (Å²) in [7, 11) is -4.54. The Kier molecular flexibility index (Phi) is 6.05. The van der Waals surface area contributed by atoms with Crippen LogP contribution in [0.3, 0.4) is 0 Å². The molecule has 27 heavy (non-hydrogen) atoms. The third-order valence-corrected chi connectivity index (χ3v) is 6.59. The van der Waals surface area contributed by atoms with E-state index >= 15 is 0 Å². The van der Waals surface area contributed by atoms with E-state index in [0.29, 0.717) is 11.1 Å². The number of nitrogens with one attached hydrogen (secondary N) is 1. The molecule has 146 valence electrons. The summed E-state index contributed by atoms with van der Waals surface area (Å²) in [6.07, 6.45) is 0. The Morgan fingerprint density at radius 3 is 2.15 bits per heavy atom. The molecule has 0 heterocycles. The van der Waals surface area contributed by atoms with Crippen molar-refractivity contribution in [2.24, 2.45) is 5.14 Å². The van der Waals surface area contributed by atoms with Gasteiger partial charge < -0.3 is 4.90 Å². The number of rotatable bonds is 6. The summed E-state index contributed by atoms with van der Waals surface area (Å²) in [5.41, 5.74) is 0.911. The van der Waals surface area contributed by atoms with Crippen molar-refractivity contribution in [3.63, 3.8) is 0 Å². The molecule has 2 rings (SSSR count). The zero-order valence-electron chi connectivity index (χ0n) is 15.1. The molecule has 2 aromatic carbocycles. The van der Waals surface area contributed by atoms with Crippen molar-refractivity contribution < 1.29 is 21.6 Å².